The van der Waals surface area contributed by atoms with Gasteiger partial charge in [0, 0.05) is 24.0 Å². The Kier molecular flexibility index (Phi) is 5.82. The van der Waals surface area contributed by atoms with Gasteiger partial charge >= 0.3 is 0 Å². The number of nitrogens with zero attached hydrogens (tertiary/aromatic N) is 2. The normalized spacial score (nSPS) is 10.6. The largest absolute Gasteiger partial charge is 0.331 e. The van der Waals surface area contributed by atoms with E-state index in [0.717, 1.165) is 28.6 Å². The zero-order chi connectivity index (χ0) is 19.2. The Labute approximate surface area is 160 Å². The minimum Gasteiger partial charge on any atom is -0.331 e. The topological polar surface area (TPSA) is 33.2 Å². The van der Waals surface area contributed by atoms with Gasteiger partial charge in [0.15, 0.2) is 0 Å². The van der Waals surface area contributed by atoms with Crippen LogP contribution in [0, 0.1) is 0 Å². The van der Waals surface area contributed by atoms with Gasteiger partial charge in [0.05, 0.1) is 16.8 Å². The Morgan fingerprint density at radius 1 is 1.04 bits per heavy atom. The summed E-state index contributed by atoms with van der Waals surface area (Å²) in [6.45, 7) is 10.6. The van der Waals surface area contributed by atoms with Crippen molar-refractivity contribution in [2.75, 3.05) is 13.1 Å². The second kappa shape index (κ2) is 8.45. The molecule has 1 aromatic heterocycles. The highest BCUT2D eigenvalue weighted by atomic mass is 16.2. The Hall–Kier alpha value is -3.20. The molecule has 3 nitrogen and oxygen atoms in total. The second-order valence-electron chi connectivity index (χ2n) is 6.41. The van der Waals surface area contributed by atoms with E-state index < -0.39 is 0 Å². The van der Waals surface area contributed by atoms with Crippen molar-refractivity contribution < 1.29 is 4.79 Å². The molecule has 0 saturated carbocycles. The summed E-state index contributed by atoms with van der Waals surface area (Å²) in [5.41, 5.74) is 4.55. The van der Waals surface area contributed by atoms with E-state index in [1.165, 1.54) is 5.56 Å². The van der Waals surface area contributed by atoms with Gasteiger partial charge in [0.1, 0.15) is 0 Å². The highest BCUT2D eigenvalue weighted by molar-refractivity contribution is 6.07. The van der Waals surface area contributed by atoms with E-state index in [0.29, 0.717) is 18.7 Å². The molecule has 0 aliphatic carbocycles. The number of amides is 1. The number of rotatable bonds is 7. The molecule has 3 aromatic rings. The predicted molar refractivity (Wildman–Crippen MR) is 113 cm³/mol. The van der Waals surface area contributed by atoms with Crippen LogP contribution in [0.2, 0.25) is 0 Å². The van der Waals surface area contributed by atoms with Crippen molar-refractivity contribution in [3.8, 4) is 11.3 Å². The van der Waals surface area contributed by atoms with E-state index in [4.69, 9.17) is 4.98 Å². The van der Waals surface area contributed by atoms with Crippen LogP contribution in [0.4, 0.5) is 0 Å². The molecule has 0 fully saturated rings. The van der Waals surface area contributed by atoms with Gasteiger partial charge in [0.2, 0.25) is 0 Å². The molecule has 0 radical (unpaired) electrons. The molecule has 3 heteroatoms. The Morgan fingerprint density at radius 2 is 1.70 bits per heavy atom. The molecule has 0 atom stereocenters. The van der Waals surface area contributed by atoms with Crippen LogP contribution in [0.1, 0.15) is 22.8 Å². The Balaban J connectivity index is 2.13. The quantitative estimate of drug-likeness (QED) is 0.540. The fourth-order valence-corrected chi connectivity index (χ4v) is 3.13. The maximum absolute atomic E-state index is 13.2. The summed E-state index contributed by atoms with van der Waals surface area (Å²) < 4.78 is 0. The van der Waals surface area contributed by atoms with E-state index >= 15 is 0 Å². The molecular weight excluding hydrogens is 332 g/mol. The van der Waals surface area contributed by atoms with Gasteiger partial charge in [-0.25, -0.2) is 4.98 Å². The Bertz CT molecular complexity index is 963. The summed E-state index contributed by atoms with van der Waals surface area (Å²) in [7, 11) is 0. The fourth-order valence-electron chi connectivity index (χ4n) is 3.13. The summed E-state index contributed by atoms with van der Waals surface area (Å²) in [5.74, 6) is -0.0418. The Morgan fingerprint density at radius 3 is 2.33 bits per heavy atom. The fraction of sp³-hybridized carbons (Fsp3) is 0.167. The molecular formula is C24H24N2O. The third-order valence-corrected chi connectivity index (χ3v) is 4.59. The van der Waals surface area contributed by atoms with Gasteiger partial charge in [-0.2, -0.15) is 0 Å². The third-order valence-electron chi connectivity index (χ3n) is 4.59. The van der Waals surface area contributed by atoms with Crippen LogP contribution < -0.4 is 0 Å². The highest BCUT2D eigenvalue weighted by Gasteiger charge is 2.18. The molecule has 0 aliphatic rings. The summed E-state index contributed by atoms with van der Waals surface area (Å²) >= 11 is 0. The van der Waals surface area contributed by atoms with Crippen molar-refractivity contribution >= 4 is 16.8 Å². The standard InChI is InChI=1S/C24H24N2O/c1-4-15-26(16-5-2)24(27)21-17-23(19-13-11-18(6-3)12-14-19)25-22-10-8-7-9-20(21)22/h4-5,7-14,17H,1-2,6,15-16H2,3H3. The van der Waals surface area contributed by atoms with E-state index in [-0.39, 0.29) is 5.91 Å². The molecule has 0 unspecified atom stereocenters. The van der Waals surface area contributed by atoms with Crippen molar-refractivity contribution in [2.45, 2.75) is 13.3 Å². The number of aromatic nitrogens is 1. The molecule has 0 N–H and O–H groups in total. The van der Waals surface area contributed by atoms with Crippen LogP contribution in [0.15, 0.2) is 79.9 Å². The van der Waals surface area contributed by atoms with Gasteiger partial charge in [-0.3, -0.25) is 4.79 Å². The molecule has 3 rings (SSSR count). The van der Waals surface area contributed by atoms with Gasteiger partial charge in [0.25, 0.3) is 5.91 Å². The summed E-state index contributed by atoms with van der Waals surface area (Å²) in [6, 6.07) is 18.0. The zero-order valence-corrected chi connectivity index (χ0v) is 15.7. The van der Waals surface area contributed by atoms with Crippen molar-refractivity contribution in [1.82, 2.24) is 9.88 Å². The van der Waals surface area contributed by atoms with Crippen LogP contribution in [-0.2, 0) is 6.42 Å². The summed E-state index contributed by atoms with van der Waals surface area (Å²) in [5, 5.41) is 0.856. The first-order valence-electron chi connectivity index (χ1n) is 9.18. The van der Waals surface area contributed by atoms with E-state index in [1.54, 1.807) is 17.1 Å². The average Bonchev–Trinajstić information content (AvgIpc) is 2.72. The summed E-state index contributed by atoms with van der Waals surface area (Å²) in [6.07, 6.45) is 4.46. The molecule has 27 heavy (non-hydrogen) atoms. The molecule has 0 aliphatic heterocycles. The first-order valence-corrected chi connectivity index (χ1v) is 9.18. The molecule has 2 aromatic carbocycles. The van der Waals surface area contributed by atoms with Gasteiger partial charge < -0.3 is 4.90 Å². The first kappa shape index (κ1) is 18.6. The number of benzene rings is 2. The lowest BCUT2D eigenvalue weighted by Crippen LogP contribution is -2.31. The predicted octanol–water partition coefficient (Wildman–Crippen LogP) is 5.28. The number of fused-ring (bicyclic) bond motifs is 1. The average molecular weight is 356 g/mol. The third kappa shape index (κ3) is 3.98. The van der Waals surface area contributed by atoms with Gasteiger partial charge in [-0.1, -0.05) is 61.5 Å². The number of pyridine rings is 1. The van der Waals surface area contributed by atoms with Crippen LogP contribution in [0.25, 0.3) is 22.2 Å². The molecule has 0 bridgehead atoms. The van der Waals surface area contributed by atoms with E-state index in [1.807, 2.05) is 30.3 Å². The lowest BCUT2D eigenvalue weighted by molar-refractivity contribution is 0.0793. The molecule has 136 valence electrons. The first-order chi connectivity index (χ1) is 13.2. The second-order valence-corrected chi connectivity index (χ2v) is 6.41. The van der Waals surface area contributed by atoms with Crippen molar-refractivity contribution in [1.29, 1.82) is 0 Å². The van der Waals surface area contributed by atoms with Crippen molar-refractivity contribution in [3.05, 3.63) is 91.0 Å². The van der Waals surface area contributed by atoms with E-state index in [2.05, 4.69) is 44.3 Å². The lowest BCUT2D eigenvalue weighted by atomic mass is 10.0. The SMILES string of the molecule is C=CCN(CC=C)C(=O)c1cc(-c2ccc(CC)cc2)nc2ccccc12. The molecule has 0 spiro atoms. The maximum Gasteiger partial charge on any atom is 0.255 e. The number of para-hydroxylation sites is 1. The molecule has 1 amide bonds. The van der Waals surface area contributed by atoms with Crippen molar-refractivity contribution in [3.63, 3.8) is 0 Å². The maximum atomic E-state index is 13.2. The summed E-state index contributed by atoms with van der Waals surface area (Å²) in [4.78, 5) is 19.7. The highest BCUT2D eigenvalue weighted by Crippen LogP contribution is 2.26. The number of hydrogen-bond donors (Lipinski definition) is 0. The van der Waals surface area contributed by atoms with Crippen LogP contribution in [-0.4, -0.2) is 28.9 Å². The zero-order valence-electron chi connectivity index (χ0n) is 15.7. The molecule has 0 saturated heterocycles. The number of carbonyl (C=O) groups is 1. The molecule has 1 heterocycles. The minimum atomic E-state index is -0.0418. The monoisotopic (exact) mass is 356 g/mol. The number of aryl methyl sites for hydroxylation is 1. The van der Waals surface area contributed by atoms with Crippen LogP contribution >= 0.6 is 0 Å². The van der Waals surface area contributed by atoms with Crippen LogP contribution in [0.3, 0.4) is 0 Å². The minimum absolute atomic E-state index is 0.0418. The number of carbonyl (C=O) groups excluding carboxylic acids is 1. The van der Waals surface area contributed by atoms with Gasteiger partial charge in [-0.15, -0.1) is 13.2 Å². The van der Waals surface area contributed by atoms with Crippen molar-refractivity contribution in [2.24, 2.45) is 0 Å². The lowest BCUT2D eigenvalue weighted by Gasteiger charge is -2.20. The van der Waals surface area contributed by atoms with Crippen LogP contribution in [0.5, 0.6) is 0 Å². The smallest absolute Gasteiger partial charge is 0.255 e. The van der Waals surface area contributed by atoms with E-state index in [9.17, 15) is 4.79 Å². The van der Waals surface area contributed by atoms with Gasteiger partial charge in [-0.05, 0) is 24.1 Å². The number of hydrogen-bond acceptors (Lipinski definition) is 2.